The van der Waals surface area contributed by atoms with E-state index in [2.05, 4.69) is 9.50 Å². The number of carbonyl (C=O) groups is 4. The molecule has 25 nitrogen and oxygen atoms in total. The molecule has 0 bridgehead atoms. The number of nitrogens with one attached hydrogen (secondary N) is 2. The molecule has 2 unspecified atom stereocenters. The van der Waals surface area contributed by atoms with Gasteiger partial charge >= 0.3 is 22.3 Å². The van der Waals surface area contributed by atoms with Crippen molar-refractivity contribution in [1.29, 1.82) is 0 Å². The maximum Gasteiger partial charge on any atom is 0.397 e. The fourth-order valence-electron chi connectivity index (χ4n) is 8.70. The maximum absolute atomic E-state index is 14.1. The summed E-state index contributed by atoms with van der Waals surface area (Å²) < 4.78 is 66.0. The third-order valence-electron chi connectivity index (χ3n) is 12.0. The summed E-state index contributed by atoms with van der Waals surface area (Å²) in [7, 11) is -2.65. The van der Waals surface area contributed by atoms with E-state index in [0.717, 1.165) is 25.1 Å². The fourth-order valence-corrected chi connectivity index (χ4v) is 9.21. The van der Waals surface area contributed by atoms with Gasteiger partial charge in [0.1, 0.15) is 83.4 Å². The number of phenols is 3. The molecule has 364 valence electrons. The lowest BCUT2D eigenvalue weighted by Gasteiger charge is -2.48. The molecule has 0 aromatic heterocycles. The van der Waals surface area contributed by atoms with E-state index in [1.165, 1.54) is 34.1 Å². The van der Waals surface area contributed by atoms with Gasteiger partial charge in [-0.3, -0.25) is 18.9 Å². The third-order valence-corrected chi connectivity index (χ3v) is 12.4. The highest BCUT2D eigenvalue weighted by molar-refractivity contribution is 7.80. The predicted molar refractivity (Wildman–Crippen MR) is 218 cm³/mol. The first-order valence-corrected chi connectivity index (χ1v) is 21.6. The molecule has 0 saturated carbocycles. The van der Waals surface area contributed by atoms with Gasteiger partial charge in [-0.15, -0.1) is 5.48 Å². The van der Waals surface area contributed by atoms with Crippen molar-refractivity contribution in [3.63, 3.8) is 0 Å². The zero-order chi connectivity index (χ0) is 49.3. The number of aliphatic hydroxyl groups is 5. The van der Waals surface area contributed by atoms with E-state index in [4.69, 9.17) is 28.5 Å². The average Bonchev–Trinajstić information content (AvgIpc) is 3.26. The Morgan fingerprint density at radius 3 is 2.06 bits per heavy atom. The van der Waals surface area contributed by atoms with Gasteiger partial charge in [0, 0.05) is 28.3 Å². The number of carboxylic acid groups (broad SMARTS) is 1. The van der Waals surface area contributed by atoms with Gasteiger partial charge in [0.25, 0.3) is 0 Å². The molecular weight excluding hydrogens is 921 g/mol. The molecule has 13 atom stereocenters. The van der Waals surface area contributed by atoms with Crippen LogP contribution in [0.4, 0.5) is 0 Å². The van der Waals surface area contributed by atoms with E-state index in [9.17, 15) is 78.1 Å². The number of ether oxygens (including phenoxy) is 5. The zero-order valence-electron chi connectivity index (χ0n) is 35.7. The number of aromatic hydroxyl groups is 3. The summed E-state index contributed by atoms with van der Waals surface area (Å²) in [6.07, 6.45) is -20.4. The number of hydrogen-bond acceptors (Lipinski definition) is 23. The first-order chi connectivity index (χ1) is 31.4. The van der Waals surface area contributed by atoms with Crippen LogP contribution in [0.1, 0.15) is 84.9 Å². The normalized spacial score (nSPS) is 29.5. The lowest BCUT2D eigenvalue weighted by Crippen LogP contribution is -2.66. The Balaban J connectivity index is 1.33. The van der Waals surface area contributed by atoms with Gasteiger partial charge in [-0.1, -0.05) is 6.07 Å². The standard InChI is InChI=1S/C41H46N2O23S/c1-11-6-18-24(31(50)21(11)39(56)65-43-12(2)38(54)55)23-16(9-17-25(32(23)51)28(47)15-7-14(60-5)8-19(45)22(15)27(17)46)29(48)35(18)63-40-33(52)36(26(42-4)13(3)61-40)64-41-34(53)37(66-67(57,58)59)30(49)20(10-44)62-41/h6-9,12-13,20,26,29-30,33-37,40-45,48-53H,10H2,1-5H3,(H,54,55)(H,57,58,59)/t12-,13+,20+,26-,29-,30+,33+,34+,35?,36?,37-,40-,41-/m0/s1. The second-order valence-electron chi connectivity index (χ2n) is 16.1. The molecule has 2 heterocycles. The van der Waals surface area contributed by atoms with Gasteiger partial charge in [0.2, 0.25) is 0 Å². The van der Waals surface area contributed by atoms with Crippen LogP contribution in [0.25, 0.3) is 11.1 Å². The van der Waals surface area contributed by atoms with Gasteiger partial charge < -0.3 is 79.8 Å². The number of fused-ring (bicyclic) bond motifs is 5. The number of carbonyl (C=O) groups excluding carboxylic acids is 3. The molecule has 12 N–H and O–H groups in total. The van der Waals surface area contributed by atoms with Crippen molar-refractivity contribution in [2.24, 2.45) is 0 Å². The molecule has 2 aliphatic heterocycles. The number of hydrogen-bond donors (Lipinski definition) is 12. The molecule has 2 fully saturated rings. The van der Waals surface area contributed by atoms with Crippen molar-refractivity contribution in [3.05, 3.63) is 68.8 Å². The largest absolute Gasteiger partial charge is 0.507 e. The van der Waals surface area contributed by atoms with Crippen LogP contribution < -0.4 is 15.5 Å². The second kappa shape index (κ2) is 18.6. The number of aliphatic carboxylic acids is 1. The summed E-state index contributed by atoms with van der Waals surface area (Å²) in [5, 5.41) is 103. The Labute approximate surface area is 378 Å². The van der Waals surface area contributed by atoms with Crippen molar-refractivity contribution in [1.82, 2.24) is 10.8 Å². The van der Waals surface area contributed by atoms with E-state index in [1.54, 1.807) is 0 Å². The predicted octanol–water partition coefficient (Wildman–Crippen LogP) is -1.49. The van der Waals surface area contributed by atoms with Crippen LogP contribution in [-0.2, 0) is 43.2 Å². The van der Waals surface area contributed by atoms with Crippen LogP contribution in [0.2, 0.25) is 0 Å². The molecule has 0 radical (unpaired) electrons. The maximum atomic E-state index is 14.1. The van der Waals surface area contributed by atoms with Crippen molar-refractivity contribution in [2.45, 2.75) is 100 Å². The van der Waals surface area contributed by atoms with Crippen molar-refractivity contribution < 1.29 is 111 Å². The number of likely N-dealkylation sites (N-methyl/N-ethyl adjacent to an activating group) is 1. The minimum Gasteiger partial charge on any atom is -0.507 e. The summed E-state index contributed by atoms with van der Waals surface area (Å²) in [5.74, 6) is -7.35. The SMILES string of the molecule is CN[C@@H]1C(O[C@@H]2O[C@H](CO)[C@@H](O)[C@H](OS(=O)(=O)O)[C@H]2O)[C@@H](O)[C@H](OC2c3cc(C)c(C(=O)ON[C@@H](C)C(=O)O)c(O)c3-c3c(cc4c(c3O)C(=O)c3cc(OC)cc(O)c3C4=O)[C@@H]2O)O[C@@H]1C. The lowest BCUT2D eigenvalue weighted by molar-refractivity contribution is -0.349. The average molecular weight is 967 g/mol. The number of hydroxylamine groups is 1. The highest BCUT2D eigenvalue weighted by atomic mass is 32.3. The number of aliphatic hydroxyl groups excluding tert-OH is 5. The van der Waals surface area contributed by atoms with E-state index < -0.39 is 176 Å². The Bertz CT molecular complexity index is 2620. The van der Waals surface area contributed by atoms with E-state index >= 15 is 0 Å². The molecule has 26 heteroatoms. The quantitative estimate of drug-likeness (QED) is 0.0536. The minimum absolute atomic E-state index is 0.0257. The van der Waals surface area contributed by atoms with E-state index in [0.29, 0.717) is 0 Å². The van der Waals surface area contributed by atoms with Gasteiger partial charge in [-0.2, -0.15) is 8.42 Å². The number of aryl methyl sites for hydroxylation is 1. The molecule has 3 aromatic rings. The zero-order valence-corrected chi connectivity index (χ0v) is 36.5. The van der Waals surface area contributed by atoms with Crippen molar-refractivity contribution in [3.8, 4) is 34.1 Å². The van der Waals surface area contributed by atoms with E-state index in [-0.39, 0.29) is 22.4 Å². The molecule has 0 amide bonds. The highest BCUT2D eigenvalue weighted by Crippen LogP contribution is 2.57. The molecule has 0 spiro atoms. The number of phenolic OH excluding ortho intramolecular Hbond substituents is 3. The van der Waals surface area contributed by atoms with Gasteiger partial charge in [-0.25, -0.2) is 8.98 Å². The first kappa shape index (κ1) is 49.5. The number of methoxy groups -OCH3 is 1. The monoisotopic (exact) mass is 966 g/mol. The Morgan fingerprint density at radius 2 is 1.45 bits per heavy atom. The molecule has 7 rings (SSSR count). The molecule has 4 aliphatic rings. The summed E-state index contributed by atoms with van der Waals surface area (Å²) >= 11 is 0. The smallest absolute Gasteiger partial charge is 0.397 e. The Morgan fingerprint density at radius 1 is 0.836 bits per heavy atom. The van der Waals surface area contributed by atoms with Crippen LogP contribution in [0, 0.1) is 6.92 Å². The fraction of sp³-hybridized carbons (Fsp3) is 0.463. The van der Waals surface area contributed by atoms with Gasteiger partial charge in [-0.05, 0) is 56.6 Å². The summed E-state index contributed by atoms with van der Waals surface area (Å²) in [5.41, 5.74) is -2.26. The Hall–Kier alpha value is -5.43. The highest BCUT2D eigenvalue weighted by Gasteiger charge is 2.53. The molecule has 67 heavy (non-hydrogen) atoms. The number of rotatable bonds is 13. The van der Waals surface area contributed by atoms with Gasteiger partial charge in [0.15, 0.2) is 24.1 Å². The molecule has 2 aliphatic carbocycles. The van der Waals surface area contributed by atoms with Crippen LogP contribution in [0.3, 0.4) is 0 Å². The summed E-state index contributed by atoms with van der Waals surface area (Å²) in [4.78, 5) is 58.2. The van der Waals surface area contributed by atoms with Crippen LogP contribution in [0.5, 0.6) is 23.0 Å². The van der Waals surface area contributed by atoms with Crippen LogP contribution in [-0.4, -0.2) is 171 Å². The van der Waals surface area contributed by atoms with Crippen LogP contribution in [0.15, 0.2) is 24.3 Å². The summed E-state index contributed by atoms with van der Waals surface area (Å²) in [6.45, 7) is 2.96. The third kappa shape index (κ3) is 8.70. The number of ketones is 2. The van der Waals surface area contributed by atoms with Gasteiger partial charge in [0.05, 0.1) is 37.0 Å². The second-order valence-corrected chi connectivity index (χ2v) is 17.1. The van der Waals surface area contributed by atoms with E-state index in [1.807, 2.05) is 5.48 Å². The molecule has 2 saturated heterocycles. The topological polar surface area (TPSA) is 393 Å². The number of benzene rings is 3. The molecule has 3 aromatic carbocycles. The Kier molecular flexibility index (Phi) is 13.7. The summed E-state index contributed by atoms with van der Waals surface area (Å²) in [6, 6.07) is 1.97. The van der Waals surface area contributed by atoms with Crippen molar-refractivity contribution in [2.75, 3.05) is 20.8 Å². The van der Waals surface area contributed by atoms with Crippen LogP contribution >= 0.6 is 0 Å². The molecular formula is C41H46N2O23S. The lowest BCUT2D eigenvalue weighted by atomic mass is 9.74. The van der Waals surface area contributed by atoms with Crippen molar-refractivity contribution >= 4 is 33.9 Å². The minimum atomic E-state index is -5.32. The first-order valence-electron chi connectivity index (χ1n) is 20.2. The number of carboxylic acids is 1.